The average Bonchev–Trinajstić information content (AvgIpc) is 2.97. The van der Waals surface area contributed by atoms with Crippen LogP contribution in [0.2, 0.25) is 0 Å². The van der Waals surface area contributed by atoms with Crippen molar-refractivity contribution < 1.29 is 14.7 Å². The highest BCUT2D eigenvalue weighted by Gasteiger charge is 2.54. The molecule has 2 saturated heterocycles. The molecule has 0 bridgehead atoms. The molecule has 0 aromatic heterocycles. The second kappa shape index (κ2) is 6.57. The van der Waals surface area contributed by atoms with E-state index in [1.165, 1.54) is 0 Å². The first-order valence-corrected chi connectivity index (χ1v) is 8.46. The molecule has 0 saturated carbocycles. The number of fused-ring (bicyclic) bond motifs is 1. The Morgan fingerprint density at radius 1 is 1.14 bits per heavy atom. The van der Waals surface area contributed by atoms with E-state index in [1.807, 2.05) is 23.6 Å². The molecule has 0 aromatic carbocycles. The molecule has 2 aliphatic rings. The molecule has 0 aliphatic carbocycles. The van der Waals surface area contributed by atoms with Gasteiger partial charge >= 0.3 is 0 Å². The van der Waals surface area contributed by atoms with Crippen molar-refractivity contribution >= 4 is 11.8 Å². The maximum atomic E-state index is 12.3. The van der Waals surface area contributed by atoms with E-state index in [0.717, 1.165) is 6.42 Å². The lowest BCUT2D eigenvalue weighted by molar-refractivity contribution is -0.134. The number of likely N-dealkylation sites (tertiary alicyclic amines) is 2. The summed E-state index contributed by atoms with van der Waals surface area (Å²) in [6.07, 6.45) is 1.49. The topological polar surface area (TPSA) is 60.9 Å². The molecule has 0 radical (unpaired) electrons. The van der Waals surface area contributed by atoms with Gasteiger partial charge in [0.25, 0.3) is 0 Å². The Bertz CT molecular complexity index is 436. The predicted molar refractivity (Wildman–Crippen MR) is 85.1 cm³/mol. The Labute approximate surface area is 133 Å². The number of hydrogen-bond donors (Lipinski definition) is 1. The molecule has 2 heterocycles. The van der Waals surface area contributed by atoms with Gasteiger partial charge in [-0.1, -0.05) is 27.7 Å². The lowest BCUT2D eigenvalue weighted by Crippen LogP contribution is -2.41. The third-order valence-electron chi connectivity index (χ3n) is 5.17. The average molecular weight is 310 g/mol. The highest BCUT2D eigenvalue weighted by Crippen LogP contribution is 2.42. The van der Waals surface area contributed by atoms with E-state index >= 15 is 0 Å². The minimum atomic E-state index is -0.307. The monoisotopic (exact) mass is 310 g/mol. The van der Waals surface area contributed by atoms with Crippen molar-refractivity contribution in [2.24, 2.45) is 23.2 Å². The van der Waals surface area contributed by atoms with E-state index in [2.05, 4.69) is 13.8 Å². The van der Waals surface area contributed by atoms with Crippen LogP contribution in [0.25, 0.3) is 0 Å². The Morgan fingerprint density at radius 2 is 1.73 bits per heavy atom. The maximum absolute atomic E-state index is 12.3. The van der Waals surface area contributed by atoms with Crippen LogP contribution in [0, 0.1) is 23.2 Å². The summed E-state index contributed by atoms with van der Waals surface area (Å²) in [5.74, 6) is 1.07. The van der Waals surface area contributed by atoms with Crippen LogP contribution in [0.3, 0.4) is 0 Å². The zero-order valence-corrected chi connectivity index (χ0v) is 14.3. The first kappa shape index (κ1) is 17.3. The normalized spacial score (nSPS) is 27.9. The van der Waals surface area contributed by atoms with Gasteiger partial charge in [-0.3, -0.25) is 9.59 Å². The van der Waals surface area contributed by atoms with Crippen LogP contribution in [0.15, 0.2) is 0 Å². The number of aliphatic hydroxyl groups is 1. The number of nitrogens with zero attached hydrogens (tertiary/aromatic N) is 2. The van der Waals surface area contributed by atoms with Crippen LogP contribution < -0.4 is 0 Å². The fraction of sp³-hybridized carbons (Fsp3) is 0.882. The molecule has 2 fully saturated rings. The summed E-state index contributed by atoms with van der Waals surface area (Å²) >= 11 is 0. The van der Waals surface area contributed by atoms with Gasteiger partial charge in [0.05, 0.1) is 6.61 Å². The number of amides is 2. The first-order valence-electron chi connectivity index (χ1n) is 8.46. The molecule has 0 spiro atoms. The number of hydrogen-bond acceptors (Lipinski definition) is 3. The van der Waals surface area contributed by atoms with Gasteiger partial charge in [-0.15, -0.1) is 0 Å². The molecule has 126 valence electrons. The third kappa shape index (κ3) is 3.29. The van der Waals surface area contributed by atoms with E-state index in [0.29, 0.717) is 38.5 Å². The number of rotatable bonds is 5. The van der Waals surface area contributed by atoms with Crippen LogP contribution in [-0.2, 0) is 9.59 Å². The van der Waals surface area contributed by atoms with Crippen LogP contribution in [-0.4, -0.2) is 59.5 Å². The first-order chi connectivity index (χ1) is 10.3. The summed E-state index contributed by atoms with van der Waals surface area (Å²) in [4.78, 5) is 28.3. The van der Waals surface area contributed by atoms with Gasteiger partial charge < -0.3 is 14.9 Å². The zero-order valence-electron chi connectivity index (χ0n) is 14.3. The van der Waals surface area contributed by atoms with Gasteiger partial charge in [0.15, 0.2) is 0 Å². The second-order valence-electron chi connectivity index (χ2n) is 7.80. The molecule has 22 heavy (non-hydrogen) atoms. The highest BCUT2D eigenvalue weighted by atomic mass is 16.3. The predicted octanol–water partition coefficient (Wildman–Crippen LogP) is 1.36. The van der Waals surface area contributed by atoms with Crippen molar-refractivity contribution in [2.75, 3.05) is 32.8 Å². The third-order valence-corrected chi connectivity index (χ3v) is 5.17. The summed E-state index contributed by atoms with van der Waals surface area (Å²) < 4.78 is 0. The number of carbonyl (C=O) groups excluding carboxylic acids is 2. The molecule has 0 aromatic rings. The van der Waals surface area contributed by atoms with Crippen molar-refractivity contribution in [1.82, 2.24) is 9.80 Å². The van der Waals surface area contributed by atoms with Crippen LogP contribution in [0.4, 0.5) is 0 Å². The van der Waals surface area contributed by atoms with Crippen LogP contribution >= 0.6 is 0 Å². The summed E-state index contributed by atoms with van der Waals surface area (Å²) in [7, 11) is 0. The maximum Gasteiger partial charge on any atom is 0.225 e. The quantitative estimate of drug-likeness (QED) is 0.834. The molecular weight excluding hydrogens is 280 g/mol. The van der Waals surface area contributed by atoms with Gasteiger partial charge in [0.2, 0.25) is 11.8 Å². The summed E-state index contributed by atoms with van der Waals surface area (Å²) in [6.45, 7) is 10.6. The minimum absolute atomic E-state index is 0.0154. The van der Waals surface area contributed by atoms with E-state index < -0.39 is 0 Å². The largest absolute Gasteiger partial charge is 0.396 e. The zero-order chi connectivity index (χ0) is 16.5. The van der Waals surface area contributed by atoms with Gasteiger partial charge in [0, 0.05) is 49.9 Å². The van der Waals surface area contributed by atoms with Crippen molar-refractivity contribution in [1.29, 1.82) is 0 Å². The summed E-state index contributed by atoms with van der Waals surface area (Å²) in [5, 5.41) is 9.91. The highest BCUT2D eigenvalue weighted by molar-refractivity contribution is 5.79. The molecule has 5 heteroatoms. The molecule has 2 aliphatic heterocycles. The van der Waals surface area contributed by atoms with E-state index in [1.54, 1.807) is 0 Å². The molecule has 2 atom stereocenters. The van der Waals surface area contributed by atoms with Gasteiger partial charge in [-0.05, 0) is 12.3 Å². The molecular formula is C17H30N2O3. The fourth-order valence-corrected chi connectivity index (χ4v) is 3.70. The second-order valence-corrected chi connectivity index (χ2v) is 7.80. The van der Waals surface area contributed by atoms with Crippen LogP contribution in [0.5, 0.6) is 0 Å². The van der Waals surface area contributed by atoms with E-state index in [-0.39, 0.29) is 35.7 Å². The van der Waals surface area contributed by atoms with Crippen molar-refractivity contribution in [3.63, 3.8) is 0 Å². The molecule has 2 rings (SSSR count). The van der Waals surface area contributed by atoms with Crippen molar-refractivity contribution in [3.8, 4) is 0 Å². The van der Waals surface area contributed by atoms with E-state index in [4.69, 9.17) is 0 Å². The van der Waals surface area contributed by atoms with Crippen LogP contribution in [0.1, 0.15) is 40.5 Å². The standard InChI is InChI=1S/C17H30N2O3/c1-12(2)5-6-15(21)18-7-14-8-19(16(22)13(3)4)10-17(14,9-18)11-20/h12-14,20H,5-11H2,1-4H3/t14-,17+/m0/s1. The Hall–Kier alpha value is -1.10. The fourth-order valence-electron chi connectivity index (χ4n) is 3.70. The summed E-state index contributed by atoms with van der Waals surface area (Å²) in [5.41, 5.74) is -0.307. The molecule has 5 nitrogen and oxygen atoms in total. The smallest absolute Gasteiger partial charge is 0.225 e. The number of carbonyl (C=O) groups is 2. The van der Waals surface area contributed by atoms with Gasteiger partial charge in [-0.25, -0.2) is 0 Å². The van der Waals surface area contributed by atoms with Crippen molar-refractivity contribution in [3.05, 3.63) is 0 Å². The molecule has 2 amide bonds. The Balaban J connectivity index is 1.99. The SMILES string of the molecule is CC(C)CCC(=O)N1C[C@H]2CN(C(=O)C(C)C)C[C@@]2(CO)C1. The lowest BCUT2D eigenvalue weighted by Gasteiger charge is -2.28. The Kier molecular flexibility index (Phi) is 5.15. The van der Waals surface area contributed by atoms with Gasteiger partial charge in [0.1, 0.15) is 0 Å². The summed E-state index contributed by atoms with van der Waals surface area (Å²) in [6, 6.07) is 0. The molecule has 0 unspecified atom stereocenters. The Morgan fingerprint density at radius 3 is 2.23 bits per heavy atom. The van der Waals surface area contributed by atoms with Crippen molar-refractivity contribution in [2.45, 2.75) is 40.5 Å². The van der Waals surface area contributed by atoms with Gasteiger partial charge in [-0.2, -0.15) is 0 Å². The van der Waals surface area contributed by atoms with E-state index in [9.17, 15) is 14.7 Å². The minimum Gasteiger partial charge on any atom is -0.396 e. The number of aliphatic hydroxyl groups excluding tert-OH is 1. The lowest BCUT2D eigenvalue weighted by atomic mass is 9.82. The molecule has 1 N–H and O–H groups in total.